The lowest BCUT2D eigenvalue weighted by Gasteiger charge is -2.05. The summed E-state index contributed by atoms with van der Waals surface area (Å²) in [5, 5.41) is 13.0. The number of rotatable bonds is 3. The normalized spacial score (nSPS) is 10.5. The van der Waals surface area contributed by atoms with E-state index in [-0.39, 0.29) is 18.7 Å². The lowest BCUT2D eigenvalue weighted by Crippen LogP contribution is -2.23. The third-order valence-electron chi connectivity index (χ3n) is 2.53. The molecule has 2 rings (SSSR count). The van der Waals surface area contributed by atoms with Crippen molar-refractivity contribution in [2.24, 2.45) is 0 Å². The molecule has 2 aromatic rings. The van der Waals surface area contributed by atoms with E-state index >= 15 is 0 Å². The summed E-state index contributed by atoms with van der Waals surface area (Å²) in [5.41, 5.74) is 2.67. The molecule has 4 nitrogen and oxygen atoms in total. The summed E-state index contributed by atoms with van der Waals surface area (Å²) in [6, 6.07) is 11.1. The first-order valence-electron chi connectivity index (χ1n) is 5.47. The van der Waals surface area contributed by atoms with Crippen LogP contribution in [0, 0.1) is 6.92 Å². The van der Waals surface area contributed by atoms with Crippen molar-refractivity contribution >= 4 is 0 Å². The van der Waals surface area contributed by atoms with Crippen molar-refractivity contribution in [3.63, 3.8) is 0 Å². The highest BCUT2D eigenvalue weighted by atomic mass is 16.3. The molecule has 0 aliphatic heterocycles. The monoisotopic (exact) mass is 230 g/mol. The van der Waals surface area contributed by atoms with Crippen molar-refractivity contribution in [1.82, 2.24) is 9.78 Å². The Balaban J connectivity index is 2.42. The smallest absolute Gasteiger partial charge is 0.266 e. The molecule has 0 aliphatic carbocycles. The molecule has 0 bridgehead atoms. The number of hydrogen-bond donors (Lipinski definition) is 1. The van der Waals surface area contributed by atoms with E-state index in [9.17, 15) is 4.79 Å². The fourth-order valence-corrected chi connectivity index (χ4v) is 1.58. The van der Waals surface area contributed by atoms with Gasteiger partial charge in [-0.25, -0.2) is 4.68 Å². The van der Waals surface area contributed by atoms with E-state index in [4.69, 9.17) is 5.11 Å². The molecule has 1 N–H and O–H groups in total. The van der Waals surface area contributed by atoms with Gasteiger partial charge in [0.1, 0.15) is 0 Å². The first-order valence-corrected chi connectivity index (χ1v) is 5.47. The first kappa shape index (κ1) is 11.5. The van der Waals surface area contributed by atoms with Crippen molar-refractivity contribution in [3.8, 4) is 11.3 Å². The number of nitrogens with zero attached hydrogens (tertiary/aromatic N) is 2. The minimum absolute atomic E-state index is 0.0930. The van der Waals surface area contributed by atoms with Gasteiger partial charge in [-0.2, -0.15) is 5.10 Å². The van der Waals surface area contributed by atoms with Crippen molar-refractivity contribution in [1.29, 1.82) is 0 Å². The van der Waals surface area contributed by atoms with Crippen LogP contribution < -0.4 is 5.56 Å². The van der Waals surface area contributed by atoms with Gasteiger partial charge in [-0.3, -0.25) is 4.79 Å². The van der Waals surface area contributed by atoms with E-state index < -0.39 is 0 Å². The summed E-state index contributed by atoms with van der Waals surface area (Å²) in [6.07, 6.45) is 0. The van der Waals surface area contributed by atoms with Crippen LogP contribution in [0.3, 0.4) is 0 Å². The Bertz CT molecular complexity index is 558. The zero-order chi connectivity index (χ0) is 12.3. The van der Waals surface area contributed by atoms with Crippen LogP contribution in [0.4, 0.5) is 0 Å². The maximum Gasteiger partial charge on any atom is 0.266 e. The van der Waals surface area contributed by atoms with Gasteiger partial charge in [-0.15, -0.1) is 0 Å². The molecule has 1 aromatic carbocycles. The Labute approximate surface area is 99.2 Å². The van der Waals surface area contributed by atoms with Crippen molar-refractivity contribution < 1.29 is 5.11 Å². The molecular weight excluding hydrogens is 216 g/mol. The largest absolute Gasteiger partial charge is 0.394 e. The second-order valence-electron chi connectivity index (χ2n) is 3.87. The van der Waals surface area contributed by atoms with Crippen LogP contribution in [0.25, 0.3) is 11.3 Å². The molecule has 0 unspecified atom stereocenters. The Hall–Kier alpha value is -1.94. The maximum absolute atomic E-state index is 11.4. The highest BCUT2D eigenvalue weighted by Crippen LogP contribution is 2.15. The second-order valence-corrected chi connectivity index (χ2v) is 3.87. The minimum Gasteiger partial charge on any atom is -0.394 e. The van der Waals surface area contributed by atoms with E-state index in [0.29, 0.717) is 0 Å². The van der Waals surface area contributed by atoms with Crippen LogP contribution >= 0.6 is 0 Å². The van der Waals surface area contributed by atoms with Gasteiger partial charge in [0.25, 0.3) is 5.56 Å². The molecule has 4 heteroatoms. The van der Waals surface area contributed by atoms with Crippen molar-refractivity contribution in [2.45, 2.75) is 13.5 Å². The van der Waals surface area contributed by atoms with Crippen LogP contribution in [-0.4, -0.2) is 21.5 Å². The quantitative estimate of drug-likeness (QED) is 0.862. The number of aryl methyl sites for hydroxylation is 1. The molecule has 0 radical (unpaired) electrons. The van der Waals surface area contributed by atoms with Gasteiger partial charge in [0.15, 0.2) is 0 Å². The lowest BCUT2D eigenvalue weighted by molar-refractivity contribution is 0.266. The number of hydrogen-bond acceptors (Lipinski definition) is 3. The predicted molar refractivity (Wildman–Crippen MR) is 65.8 cm³/mol. The Kier molecular flexibility index (Phi) is 3.35. The molecule has 0 saturated carbocycles. The molecular formula is C13H14N2O2. The van der Waals surface area contributed by atoms with Crippen LogP contribution in [0.15, 0.2) is 41.2 Å². The van der Waals surface area contributed by atoms with Gasteiger partial charge in [0.2, 0.25) is 0 Å². The zero-order valence-electron chi connectivity index (χ0n) is 9.63. The van der Waals surface area contributed by atoms with Crippen molar-refractivity contribution in [2.75, 3.05) is 6.61 Å². The Morgan fingerprint density at radius 2 is 1.88 bits per heavy atom. The van der Waals surface area contributed by atoms with Gasteiger partial charge >= 0.3 is 0 Å². The maximum atomic E-state index is 11.4. The van der Waals surface area contributed by atoms with Gasteiger partial charge in [-0.1, -0.05) is 29.8 Å². The summed E-state index contributed by atoms with van der Waals surface area (Å²) in [4.78, 5) is 11.4. The van der Waals surface area contributed by atoms with Gasteiger partial charge in [-0.05, 0) is 13.0 Å². The summed E-state index contributed by atoms with van der Waals surface area (Å²) >= 11 is 0. The zero-order valence-corrected chi connectivity index (χ0v) is 9.63. The summed E-state index contributed by atoms with van der Waals surface area (Å²) < 4.78 is 1.27. The lowest BCUT2D eigenvalue weighted by atomic mass is 10.1. The number of benzene rings is 1. The van der Waals surface area contributed by atoms with E-state index in [1.807, 2.05) is 31.2 Å². The second kappa shape index (κ2) is 4.93. The number of aliphatic hydroxyl groups is 1. The fraction of sp³-hybridized carbons (Fsp3) is 0.231. The molecule has 1 heterocycles. The van der Waals surface area contributed by atoms with Gasteiger partial charge in [0, 0.05) is 11.6 Å². The molecule has 0 fully saturated rings. The molecule has 0 atom stereocenters. The predicted octanol–water partition coefficient (Wildman–Crippen LogP) is 1.21. The van der Waals surface area contributed by atoms with E-state index in [1.54, 1.807) is 6.07 Å². The Morgan fingerprint density at radius 1 is 1.18 bits per heavy atom. The fourth-order valence-electron chi connectivity index (χ4n) is 1.58. The van der Waals surface area contributed by atoms with Crippen LogP contribution in [-0.2, 0) is 6.54 Å². The summed E-state index contributed by atoms with van der Waals surface area (Å²) in [6.45, 7) is 2.15. The molecule has 88 valence electrons. The SMILES string of the molecule is Cc1ccc(-c2ccc(=O)n(CCO)n2)cc1. The number of aromatic nitrogens is 2. The highest BCUT2D eigenvalue weighted by Gasteiger charge is 2.02. The third kappa shape index (κ3) is 2.60. The standard InChI is InChI=1S/C13H14N2O2/c1-10-2-4-11(5-3-10)12-6-7-13(17)15(14-12)8-9-16/h2-7,16H,8-9H2,1H3. The number of aliphatic hydroxyl groups excluding tert-OH is 1. The topological polar surface area (TPSA) is 55.1 Å². The van der Waals surface area contributed by atoms with Crippen molar-refractivity contribution in [3.05, 3.63) is 52.3 Å². The summed E-state index contributed by atoms with van der Waals surface area (Å²) in [5.74, 6) is 0. The van der Waals surface area contributed by atoms with Crippen LogP contribution in [0.1, 0.15) is 5.56 Å². The molecule has 0 spiro atoms. The molecule has 0 saturated heterocycles. The summed E-state index contributed by atoms with van der Waals surface area (Å²) in [7, 11) is 0. The molecule has 0 aliphatic rings. The Morgan fingerprint density at radius 3 is 2.53 bits per heavy atom. The third-order valence-corrected chi connectivity index (χ3v) is 2.53. The van der Waals surface area contributed by atoms with Gasteiger partial charge < -0.3 is 5.11 Å². The van der Waals surface area contributed by atoms with E-state index in [0.717, 1.165) is 11.3 Å². The van der Waals surface area contributed by atoms with Crippen LogP contribution in [0.2, 0.25) is 0 Å². The molecule has 0 amide bonds. The average Bonchev–Trinajstić information content (AvgIpc) is 2.33. The van der Waals surface area contributed by atoms with Gasteiger partial charge in [0.05, 0.1) is 18.8 Å². The highest BCUT2D eigenvalue weighted by molar-refractivity contribution is 5.58. The average molecular weight is 230 g/mol. The molecule has 17 heavy (non-hydrogen) atoms. The first-order chi connectivity index (χ1) is 8.20. The minimum atomic E-state index is -0.199. The van der Waals surface area contributed by atoms with E-state index in [1.165, 1.54) is 16.3 Å². The van der Waals surface area contributed by atoms with Crippen LogP contribution in [0.5, 0.6) is 0 Å². The van der Waals surface area contributed by atoms with E-state index in [2.05, 4.69) is 5.10 Å². The molecule has 1 aromatic heterocycles.